The molecule has 0 fully saturated rings. The van der Waals surface area contributed by atoms with E-state index in [1.165, 1.54) is 6.33 Å². The molecular formula is C28H27N7O. The fraction of sp³-hybridized carbons (Fsp3) is 0.143. The van der Waals surface area contributed by atoms with Crippen molar-refractivity contribution in [1.29, 1.82) is 0 Å². The highest BCUT2D eigenvalue weighted by atomic mass is 16.1. The lowest BCUT2D eigenvalue weighted by atomic mass is 9.97. The SMILES string of the molecule is C=C(C)C(=O)Nc1ccc(-c2c(-c3ccc(Cn4ccc(C)n4)cc3)c3c(N)ncnc3n2C)cc1. The van der Waals surface area contributed by atoms with Gasteiger partial charge in [-0.2, -0.15) is 5.10 Å². The zero-order chi connectivity index (χ0) is 25.4. The number of carbonyl (C=O) groups is 1. The van der Waals surface area contributed by atoms with Crippen LogP contribution in [0.5, 0.6) is 0 Å². The summed E-state index contributed by atoms with van der Waals surface area (Å²) in [6.45, 7) is 8.04. The van der Waals surface area contributed by atoms with Crippen LogP contribution in [0.2, 0.25) is 0 Å². The number of hydrogen-bond acceptors (Lipinski definition) is 5. The van der Waals surface area contributed by atoms with Gasteiger partial charge in [0, 0.05) is 30.1 Å². The van der Waals surface area contributed by atoms with Crippen molar-refractivity contribution in [2.24, 2.45) is 7.05 Å². The van der Waals surface area contributed by atoms with Crippen LogP contribution in [0.3, 0.4) is 0 Å². The third-order valence-corrected chi connectivity index (χ3v) is 6.16. The molecule has 3 N–H and O–H groups in total. The van der Waals surface area contributed by atoms with Gasteiger partial charge in [-0.1, -0.05) is 43.0 Å². The van der Waals surface area contributed by atoms with Crippen molar-refractivity contribution in [3.63, 3.8) is 0 Å². The van der Waals surface area contributed by atoms with Crippen molar-refractivity contribution >= 4 is 28.4 Å². The van der Waals surface area contributed by atoms with E-state index in [2.05, 4.69) is 51.2 Å². The Hall–Kier alpha value is -4.72. The summed E-state index contributed by atoms with van der Waals surface area (Å²) in [5, 5.41) is 8.14. The number of nitrogens with zero attached hydrogens (tertiary/aromatic N) is 5. The Morgan fingerprint density at radius 3 is 2.36 bits per heavy atom. The average molecular weight is 478 g/mol. The molecule has 0 unspecified atom stereocenters. The summed E-state index contributed by atoms with van der Waals surface area (Å²) in [5.41, 5.74) is 14.3. The molecule has 2 aromatic carbocycles. The van der Waals surface area contributed by atoms with Crippen molar-refractivity contribution in [3.05, 3.63) is 90.5 Å². The maximum atomic E-state index is 12.0. The highest BCUT2D eigenvalue weighted by Crippen LogP contribution is 2.41. The number of amides is 1. The molecule has 0 aliphatic carbocycles. The molecule has 5 rings (SSSR count). The molecule has 3 aromatic heterocycles. The highest BCUT2D eigenvalue weighted by molar-refractivity contribution is 6.08. The number of aromatic nitrogens is 5. The second-order valence-corrected chi connectivity index (χ2v) is 8.90. The first kappa shape index (κ1) is 23.0. The Bertz CT molecular complexity index is 1590. The van der Waals surface area contributed by atoms with Gasteiger partial charge in [-0.05, 0) is 48.7 Å². The molecular weight excluding hydrogens is 450 g/mol. The molecule has 0 saturated heterocycles. The summed E-state index contributed by atoms with van der Waals surface area (Å²) >= 11 is 0. The van der Waals surface area contributed by atoms with E-state index >= 15 is 0 Å². The number of rotatable bonds is 6. The number of nitrogens with two attached hydrogens (primary N) is 1. The number of aryl methyl sites for hydroxylation is 2. The minimum absolute atomic E-state index is 0.207. The van der Waals surface area contributed by atoms with Gasteiger partial charge in [0.1, 0.15) is 17.8 Å². The lowest BCUT2D eigenvalue weighted by Crippen LogP contribution is -2.11. The van der Waals surface area contributed by atoms with Crippen molar-refractivity contribution < 1.29 is 4.79 Å². The largest absolute Gasteiger partial charge is 0.383 e. The van der Waals surface area contributed by atoms with Gasteiger partial charge in [-0.3, -0.25) is 9.48 Å². The Kier molecular flexibility index (Phi) is 5.85. The maximum Gasteiger partial charge on any atom is 0.250 e. The zero-order valence-corrected chi connectivity index (χ0v) is 20.5. The van der Waals surface area contributed by atoms with Crippen LogP contribution in [0.15, 0.2) is 79.3 Å². The predicted molar refractivity (Wildman–Crippen MR) is 143 cm³/mol. The Morgan fingerprint density at radius 1 is 1.03 bits per heavy atom. The molecule has 0 aliphatic rings. The van der Waals surface area contributed by atoms with Crippen LogP contribution in [0.4, 0.5) is 11.5 Å². The van der Waals surface area contributed by atoms with Crippen LogP contribution in [0.1, 0.15) is 18.2 Å². The number of carbonyl (C=O) groups excluding carboxylic acids is 1. The molecule has 1 amide bonds. The van der Waals surface area contributed by atoms with Gasteiger partial charge in [0.25, 0.3) is 5.91 Å². The van der Waals surface area contributed by atoms with E-state index < -0.39 is 0 Å². The van der Waals surface area contributed by atoms with Crippen LogP contribution < -0.4 is 11.1 Å². The summed E-state index contributed by atoms with van der Waals surface area (Å²) in [5.74, 6) is 0.222. The lowest BCUT2D eigenvalue weighted by molar-refractivity contribution is -0.112. The van der Waals surface area contributed by atoms with Crippen LogP contribution in [-0.4, -0.2) is 30.2 Å². The minimum Gasteiger partial charge on any atom is -0.383 e. The van der Waals surface area contributed by atoms with E-state index in [4.69, 9.17) is 5.73 Å². The Balaban J connectivity index is 1.58. The van der Waals surface area contributed by atoms with Crippen LogP contribution >= 0.6 is 0 Å². The second-order valence-electron chi connectivity index (χ2n) is 8.90. The second kappa shape index (κ2) is 9.14. The van der Waals surface area contributed by atoms with Crippen molar-refractivity contribution in [2.75, 3.05) is 11.1 Å². The number of fused-ring (bicyclic) bond motifs is 1. The van der Waals surface area contributed by atoms with E-state index in [0.717, 1.165) is 44.7 Å². The van der Waals surface area contributed by atoms with Gasteiger partial charge in [0.15, 0.2) is 0 Å². The molecule has 3 heterocycles. The van der Waals surface area contributed by atoms with E-state index in [9.17, 15) is 4.79 Å². The molecule has 0 radical (unpaired) electrons. The number of hydrogen-bond donors (Lipinski definition) is 2. The number of benzene rings is 2. The summed E-state index contributed by atoms with van der Waals surface area (Å²) in [6.07, 6.45) is 3.46. The molecule has 0 aliphatic heterocycles. The highest BCUT2D eigenvalue weighted by Gasteiger charge is 2.21. The molecule has 36 heavy (non-hydrogen) atoms. The lowest BCUT2D eigenvalue weighted by Gasteiger charge is -2.11. The molecule has 0 bridgehead atoms. The predicted octanol–water partition coefficient (Wildman–Crippen LogP) is 4.95. The molecule has 180 valence electrons. The topological polar surface area (TPSA) is 104 Å². The van der Waals surface area contributed by atoms with Gasteiger partial charge < -0.3 is 15.6 Å². The number of nitrogens with one attached hydrogen (secondary N) is 1. The number of anilines is 2. The first-order valence-corrected chi connectivity index (χ1v) is 11.6. The van der Waals surface area contributed by atoms with E-state index in [-0.39, 0.29) is 5.91 Å². The van der Waals surface area contributed by atoms with Gasteiger partial charge in [-0.15, -0.1) is 0 Å². The summed E-state index contributed by atoms with van der Waals surface area (Å²) in [6, 6.07) is 18.1. The molecule has 8 nitrogen and oxygen atoms in total. The third kappa shape index (κ3) is 4.24. The number of nitrogen functional groups attached to an aromatic ring is 1. The first-order chi connectivity index (χ1) is 17.3. The molecule has 0 saturated carbocycles. The van der Waals surface area contributed by atoms with Gasteiger partial charge in [0.2, 0.25) is 0 Å². The van der Waals surface area contributed by atoms with E-state index in [1.807, 2.05) is 59.7 Å². The van der Waals surface area contributed by atoms with Crippen LogP contribution in [0, 0.1) is 6.92 Å². The maximum absolute atomic E-state index is 12.0. The quantitative estimate of drug-likeness (QED) is 0.337. The summed E-state index contributed by atoms with van der Waals surface area (Å²) in [7, 11) is 1.97. The van der Waals surface area contributed by atoms with Gasteiger partial charge in [-0.25, -0.2) is 9.97 Å². The summed E-state index contributed by atoms with van der Waals surface area (Å²) < 4.78 is 3.96. The van der Waals surface area contributed by atoms with Crippen LogP contribution in [-0.2, 0) is 18.4 Å². The monoisotopic (exact) mass is 477 g/mol. The van der Waals surface area contributed by atoms with Crippen molar-refractivity contribution in [3.8, 4) is 22.4 Å². The molecule has 0 atom stereocenters. The normalized spacial score (nSPS) is 11.1. The fourth-order valence-corrected chi connectivity index (χ4v) is 4.36. The van der Waals surface area contributed by atoms with Crippen molar-refractivity contribution in [1.82, 2.24) is 24.3 Å². The Morgan fingerprint density at radius 2 is 1.72 bits per heavy atom. The zero-order valence-electron chi connectivity index (χ0n) is 20.5. The fourth-order valence-electron chi connectivity index (χ4n) is 4.36. The van der Waals surface area contributed by atoms with E-state index in [1.54, 1.807) is 6.92 Å². The standard InChI is InChI=1S/C28H27N7O/c1-17(2)28(36)32-22-11-9-21(10-12-22)25-23(24-26(29)30-16-31-27(24)34(25)4)20-7-5-19(6-8-20)15-35-14-13-18(3)33-35/h5-14,16H,1,15H2,2-4H3,(H,32,36)(H2,29,30,31). The van der Waals surface area contributed by atoms with Gasteiger partial charge in [0.05, 0.1) is 23.3 Å². The smallest absolute Gasteiger partial charge is 0.250 e. The molecule has 8 heteroatoms. The molecule has 0 spiro atoms. The average Bonchev–Trinajstić information content (AvgIpc) is 3.41. The molecule has 5 aromatic rings. The van der Waals surface area contributed by atoms with Gasteiger partial charge >= 0.3 is 0 Å². The van der Waals surface area contributed by atoms with Crippen molar-refractivity contribution in [2.45, 2.75) is 20.4 Å². The first-order valence-electron chi connectivity index (χ1n) is 11.6. The minimum atomic E-state index is -0.207. The Labute approximate surface area is 209 Å². The van der Waals surface area contributed by atoms with E-state index in [0.29, 0.717) is 23.6 Å². The van der Waals surface area contributed by atoms with Crippen LogP contribution in [0.25, 0.3) is 33.4 Å². The third-order valence-electron chi connectivity index (χ3n) is 6.16. The summed E-state index contributed by atoms with van der Waals surface area (Å²) in [4.78, 5) is 20.8.